The van der Waals surface area contributed by atoms with Crippen LogP contribution in [0.3, 0.4) is 0 Å². The predicted octanol–water partition coefficient (Wildman–Crippen LogP) is 1.26. The van der Waals surface area contributed by atoms with Gasteiger partial charge in [-0.05, 0) is 13.3 Å². The number of piperidine rings is 1. The molecule has 0 unspecified atom stereocenters. The minimum absolute atomic E-state index is 0.00835. The lowest BCUT2D eigenvalue weighted by Gasteiger charge is -2.37. The zero-order chi connectivity index (χ0) is 16.6. The fourth-order valence-electron chi connectivity index (χ4n) is 2.94. The molecule has 0 spiro atoms. The summed E-state index contributed by atoms with van der Waals surface area (Å²) in [6, 6.07) is -0.238. The maximum absolute atomic E-state index is 12.7. The van der Waals surface area contributed by atoms with Crippen LogP contribution in [0.5, 0.6) is 0 Å². The van der Waals surface area contributed by atoms with Crippen LogP contribution in [0.2, 0.25) is 0 Å². The van der Waals surface area contributed by atoms with Gasteiger partial charge in [0.1, 0.15) is 17.6 Å². The second-order valence-corrected chi connectivity index (χ2v) is 5.76. The Morgan fingerprint density at radius 2 is 2.17 bits per heavy atom. The van der Waals surface area contributed by atoms with Crippen molar-refractivity contribution in [2.45, 2.75) is 25.8 Å². The van der Waals surface area contributed by atoms with E-state index in [9.17, 15) is 9.59 Å². The van der Waals surface area contributed by atoms with E-state index in [4.69, 9.17) is 4.42 Å². The molecular weight excluding hydrogens is 298 g/mol. The third-order valence-electron chi connectivity index (χ3n) is 4.17. The van der Waals surface area contributed by atoms with E-state index in [1.54, 1.807) is 37.5 Å². The Hall–Kier alpha value is -2.64. The van der Waals surface area contributed by atoms with E-state index >= 15 is 0 Å². The Bertz CT molecular complexity index is 735. The molecule has 8 heteroatoms. The molecule has 2 aromatic heterocycles. The van der Waals surface area contributed by atoms with Crippen molar-refractivity contribution in [2.75, 3.05) is 12.4 Å². The lowest BCUT2D eigenvalue weighted by molar-refractivity contribution is -0.140. The molecular formula is C15H19N5O3. The highest BCUT2D eigenvalue weighted by Crippen LogP contribution is 2.35. The van der Waals surface area contributed by atoms with Gasteiger partial charge in [0, 0.05) is 32.9 Å². The van der Waals surface area contributed by atoms with Gasteiger partial charge in [-0.2, -0.15) is 0 Å². The number of anilines is 1. The van der Waals surface area contributed by atoms with Crippen LogP contribution in [-0.2, 0) is 16.6 Å². The quantitative estimate of drug-likeness (QED) is 0.920. The topological polar surface area (TPSA) is 93.3 Å². The standard InChI is InChI=1S/C15H19N5O3/c1-9-8-17-15(23-9)18-14(22)10-4-5-11(21)20(3)12(10)13-16-6-7-19(13)2/h6-8,10,12H,4-5H2,1-3H3,(H,17,18,22)/t10-,12-/m0/s1. The van der Waals surface area contributed by atoms with Crippen molar-refractivity contribution in [1.29, 1.82) is 0 Å². The van der Waals surface area contributed by atoms with E-state index in [-0.39, 0.29) is 17.8 Å². The van der Waals surface area contributed by atoms with Gasteiger partial charge in [-0.25, -0.2) is 9.97 Å². The van der Waals surface area contributed by atoms with E-state index in [2.05, 4.69) is 15.3 Å². The van der Waals surface area contributed by atoms with E-state index in [0.29, 0.717) is 24.4 Å². The third kappa shape index (κ3) is 2.84. The fraction of sp³-hybridized carbons (Fsp3) is 0.467. The number of aryl methyl sites for hydroxylation is 2. The van der Waals surface area contributed by atoms with Gasteiger partial charge in [-0.3, -0.25) is 14.9 Å². The molecule has 1 fully saturated rings. The van der Waals surface area contributed by atoms with Gasteiger partial charge < -0.3 is 13.9 Å². The number of carbonyl (C=O) groups excluding carboxylic acids is 2. The number of hydrogen-bond acceptors (Lipinski definition) is 5. The Morgan fingerprint density at radius 3 is 2.78 bits per heavy atom. The predicted molar refractivity (Wildman–Crippen MR) is 81.3 cm³/mol. The molecule has 1 aliphatic rings. The van der Waals surface area contributed by atoms with Crippen molar-refractivity contribution in [3.63, 3.8) is 0 Å². The summed E-state index contributed by atoms with van der Waals surface area (Å²) in [6.45, 7) is 1.76. The number of imidazole rings is 1. The van der Waals surface area contributed by atoms with Gasteiger partial charge in [0.05, 0.1) is 12.1 Å². The second kappa shape index (κ2) is 5.86. The van der Waals surface area contributed by atoms with Crippen LogP contribution in [0.4, 0.5) is 6.01 Å². The average molecular weight is 317 g/mol. The van der Waals surface area contributed by atoms with E-state index in [0.717, 1.165) is 0 Å². The van der Waals surface area contributed by atoms with Crippen molar-refractivity contribution in [2.24, 2.45) is 13.0 Å². The van der Waals surface area contributed by atoms with E-state index < -0.39 is 12.0 Å². The third-order valence-corrected chi connectivity index (χ3v) is 4.17. The molecule has 0 bridgehead atoms. The molecule has 122 valence electrons. The highest BCUT2D eigenvalue weighted by Gasteiger charge is 2.41. The average Bonchev–Trinajstić information content (AvgIpc) is 3.10. The summed E-state index contributed by atoms with van der Waals surface area (Å²) in [7, 11) is 3.55. The number of nitrogens with zero attached hydrogens (tertiary/aromatic N) is 4. The summed E-state index contributed by atoms with van der Waals surface area (Å²) in [5, 5.41) is 2.69. The zero-order valence-electron chi connectivity index (χ0n) is 13.3. The lowest BCUT2D eigenvalue weighted by Crippen LogP contribution is -2.45. The van der Waals surface area contributed by atoms with Crippen LogP contribution in [0, 0.1) is 12.8 Å². The number of rotatable bonds is 3. The highest BCUT2D eigenvalue weighted by atomic mass is 16.4. The molecule has 2 amide bonds. The number of oxazole rings is 1. The first-order valence-electron chi connectivity index (χ1n) is 7.43. The van der Waals surface area contributed by atoms with Crippen LogP contribution in [0.15, 0.2) is 23.0 Å². The number of hydrogen-bond donors (Lipinski definition) is 1. The van der Waals surface area contributed by atoms with Crippen LogP contribution in [0.1, 0.15) is 30.5 Å². The van der Waals surface area contributed by atoms with Crippen molar-refractivity contribution < 1.29 is 14.0 Å². The minimum Gasteiger partial charge on any atom is -0.429 e. The number of carbonyl (C=O) groups is 2. The molecule has 1 aliphatic heterocycles. The molecule has 0 aromatic carbocycles. The molecule has 0 saturated carbocycles. The molecule has 1 N–H and O–H groups in total. The maximum atomic E-state index is 12.7. The number of amides is 2. The number of nitrogens with one attached hydrogen (secondary N) is 1. The molecule has 0 radical (unpaired) electrons. The van der Waals surface area contributed by atoms with Crippen LogP contribution in [-0.4, -0.2) is 38.3 Å². The Kier molecular flexibility index (Phi) is 3.89. The van der Waals surface area contributed by atoms with E-state index in [1.165, 1.54) is 0 Å². The van der Waals surface area contributed by atoms with Gasteiger partial charge in [-0.1, -0.05) is 0 Å². The van der Waals surface area contributed by atoms with Crippen molar-refractivity contribution >= 4 is 17.8 Å². The van der Waals surface area contributed by atoms with Crippen LogP contribution >= 0.6 is 0 Å². The van der Waals surface area contributed by atoms with Crippen LogP contribution < -0.4 is 5.32 Å². The van der Waals surface area contributed by atoms with Crippen molar-refractivity contribution in [3.8, 4) is 0 Å². The molecule has 8 nitrogen and oxygen atoms in total. The molecule has 23 heavy (non-hydrogen) atoms. The van der Waals surface area contributed by atoms with Gasteiger partial charge in [0.25, 0.3) is 0 Å². The molecule has 2 atom stereocenters. The molecule has 3 rings (SSSR count). The summed E-state index contributed by atoms with van der Waals surface area (Å²) < 4.78 is 7.13. The van der Waals surface area contributed by atoms with Gasteiger partial charge in [0.15, 0.2) is 0 Å². The van der Waals surface area contributed by atoms with Crippen molar-refractivity contribution in [3.05, 3.63) is 30.2 Å². The van der Waals surface area contributed by atoms with E-state index in [1.807, 2.05) is 11.6 Å². The Balaban J connectivity index is 1.87. The lowest BCUT2D eigenvalue weighted by atomic mass is 9.87. The van der Waals surface area contributed by atoms with Crippen LogP contribution in [0.25, 0.3) is 0 Å². The highest BCUT2D eigenvalue weighted by molar-refractivity contribution is 5.93. The summed E-state index contributed by atoms with van der Waals surface area (Å²) in [5.74, 6) is 0.681. The molecule has 3 heterocycles. The monoisotopic (exact) mass is 317 g/mol. The molecule has 0 aliphatic carbocycles. The molecule has 2 aromatic rings. The number of aromatic nitrogens is 3. The number of likely N-dealkylation sites (tertiary alicyclic amines) is 1. The summed E-state index contributed by atoms with van der Waals surface area (Å²) >= 11 is 0. The normalized spacial score (nSPS) is 21.5. The SMILES string of the molecule is Cc1cnc(NC(=O)[C@H]2CCC(=O)N(C)[C@@H]2c2nccn2C)o1. The smallest absolute Gasteiger partial charge is 0.301 e. The summed E-state index contributed by atoms with van der Waals surface area (Å²) in [4.78, 5) is 34.6. The maximum Gasteiger partial charge on any atom is 0.301 e. The fourth-order valence-corrected chi connectivity index (χ4v) is 2.94. The summed E-state index contributed by atoms with van der Waals surface area (Å²) in [6.07, 6.45) is 5.80. The first-order chi connectivity index (χ1) is 11.0. The molecule has 1 saturated heterocycles. The Morgan fingerprint density at radius 1 is 1.39 bits per heavy atom. The Labute approximate surface area is 133 Å². The largest absolute Gasteiger partial charge is 0.429 e. The first kappa shape index (κ1) is 15.3. The van der Waals surface area contributed by atoms with Gasteiger partial charge in [-0.15, -0.1) is 0 Å². The second-order valence-electron chi connectivity index (χ2n) is 5.76. The minimum atomic E-state index is -0.411. The van der Waals surface area contributed by atoms with Gasteiger partial charge in [0.2, 0.25) is 11.8 Å². The first-order valence-corrected chi connectivity index (χ1v) is 7.43. The summed E-state index contributed by atoms with van der Waals surface area (Å²) in [5.41, 5.74) is 0. The van der Waals surface area contributed by atoms with Crippen molar-refractivity contribution in [1.82, 2.24) is 19.4 Å². The van der Waals surface area contributed by atoms with Gasteiger partial charge >= 0.3 is 6.01 Å². The zero-order valence-corrected chi connectivity index (χ0v) is 13.3.